The maximum atomic E-state index is 13.6. The lowest BCUT2D eigenvalue weighted by Crippen LogP contribution is -2.13. The monoisotopic (exact) mass is 295 g/mol. The fourth-order valence-corrected chi connectivity index (χ4v) is 2.39. The van der Waals surface area contributed by atoms with Gasteiger partial charge in [0.15, 0.2) is 5.78 Å². The SMILES string of the molecule is CC(=O)c1c(F)cccc1NCCCOC[C@H]1CCOC1. The molecular formula is C16H22FNO3. The van der Waals surface area contributed by atoms with Crippen molar-refractivity contribution >= 4 is 11.5 Å². The van der Waals surface area contributed by atoms with Crippen LogP contribution in [0.3, 0.4) is 0 Å². The fraction of sp³-hybridized carbons (Fsp3) is 0.562. The lowest BCUT2D eigenvalue weighted by atomic mass is 10.1. The van der Waals surface area contributed by atoms with Crippen molar-refractivity contribution in [2.24, 2.45) is 5.92 Å². The van der Waals surface area contributed by atoms with Gasteiger partial charge in [0, 0.05) is 31.4 Å². The Kier molecular flexibility index (Phi) is 6.14. The number of nitrogens with one attached hydrogen (secondary N) is 1. The summed E-state index contributed by atoms with van der Waals surface area (Å²) in [7, 11) is 0. The van der Waals surface area contributed by atoms with Gasteiger partial charge in [0.2, 0.25) is 0 Å². The lowest BCUT2D eigenvalue weighted by Gasteiger charge is -2.12. The second-order valence-electron chi connectivity index (χ2n) is 5.30. The van der Waals surface area contributed by atoms with Crippen LogP contribution in [0.5, 0.6) is 0 Å². The van der Waals surface area contributed by atoms with Crippen molar-refractivity contribution < 1.29 is 18.7 Å². The highest BCUT2D eigenvalue weighted by molar-refractivity contribution is 5.99. The Morgan fingerprint density at radius 1 is 1.52 bits per heavy atom. The first-order valence-corrected chi connectivity index (χ1v) is 7.37. The van der Waals surface area contributed by atoms with Crippen molar-refractivity contribution in [1.82, 2.24) is 0 Å². The van der Waals surface area contributed by atoms with E-state index in [0.29, 0.717) is 24.8 Å². The van der Waals surface area contributed by atoms with Gasteiger partial charge in [0.05, 0.1) is 18.8 Å². The number of ether oxygens (including phenoxy) is 2. The fourth-order valence-electron chi connectivity index (χ4n) is 2.39. The zero-order chi connectivity index (χ0) is 15.1. The minimum absolute atomic E-state index is 0.126. The van der Waals surface area contributed by atoms with Crippen molar-refractivity contribution in [3.05, 3.63) is 29.6 Å². The number of halogens is 1. The van der Waals surface area contributed by atoms with Crippen LogP contribution >= 0.6 is 0 Å². The van der Waals surface area contributed by atoms with Crippen LogP contribution < -0.4 is 5.32 Å². The highest BCUT2D eigenvalue weighted by atomic mass is 19.1. The van der Waals surface area contributed by atoms with Gasteiger partial charge in [-0.3, -0.25) is 4.79 Å². The van der Waals surface area contributed by atoms with E-state index in [1.165, 1.54) is 13.0 Å². The molecule has 0 aliphatic carbocycles. The predicted octanol–water partition coefficient (Wildman–Crippen LogP) is 2.88. The zero-order valence-electron chi connectivity index (χ0n) is 12.4. The number of anilines is 1. The van der Waals surface area contributed by atoms with Crippen LogP contribution in [0.15, 0.2) is 18.2 Å². The quantitative estimate of drug-likeness (QED) is 0.592. The van der Waals surface area contributed by atoms with Crippen molar-refractivity contribution in [2.75, 3.05) is 38.3 Å². The van der Waals surface area contributed by atoms with Crippen molar-refractivity contribution in [3.63, 3.8) is 0 Å². The topological polar surface area (TPSA) is 47.6 Å². The van der Waals surface area contributed by atoms with Crippen LogP contribution in [0.1, 0.15) is 30.1 Å². The highest BCUT2D eigenvalue weighted by Gasteiger charge is 2.15. The summed E-state index contributed by atoms with van der Waals surface area (Å²) in [4.78, 5) is 11.5. The largest absolute Gasteiger partial charge is 0.384 e. The van der Waals surface area contributed by atoms with Gasteiger partial charge in [0.25, 0.3) is 0 Å². The lowest BCUT2D eigenvalue weighted by molar-refractivity contribution is 0.0897. The molecule has 0 spiro atoms. The number of hydrogen-bond acceptors (Lipinski definition) is 4. The molecule has 0 unspecified atom stereocenters. The van der Waals surface area contributed by atoms with Gasteiger partial charge in [-0.05, 0) is 31.9 Å². The summed E-state index contributed by atoms with van der Waals surface area (Å²) in [6, 6.07) is 4.62. The summed E-state index contributed by atoms with van der Waals surface area (Å²) >= 11 is 0. The third-order valence-electron chi connectivity index (χ3n) is 3.52. The molecular weight excluding hydrogens is 273 g/mol. The Morgan fingerprint density at radius 3 is 3.10 bits per heavy atom. The van der Waals surface area contributed by atoms with E-state index in [1.54, 1.807) is 12.1 Å². The third kappa shape index (κ3) is 4.79. The van der Waals surface area contributed by atoms with Gasteiger partial charge in [0.1, 0.15) is 5.82 Å². The van der Waals surface area contributed by atoms with Crippen LogP contribution in [-0.2, 0) is 9.47 Å². The van der Waals surface area contributed by atoms with Crippen LogP contribution in [0.25, 0.3) is 0 Å². The van der Waals surface area contributed by atoms with Crippen LogP contribution in [0, 0.1) is 11.7 Å². The summed E-state index contributed by atoms with van der Waals surface area (Å²) < 4.78 is 24.5. The Bertz CT molecular complexity index is 473. The number of carbonyl (C=O) groups excluding carboxylic acids is 1. The molecule has 5 heteroatoms. The van der Waals surface area contributed by atoms with E-state index in [0.717, 1.165) is 32.7 Å². The van der Waals surface area contributed by atoms with Gasteiger partial charge in [-0.25, -0.2) is 4.39 Å². The second-order valence-corrected chi connectivity index (χ2v) is 5.30. The molecule has 0 saturated carbocycles. The van der Waals surface area contributed by atoms with Gasteiger partial charge in [-0.15, -0.1) is 0 Å². The smallest absolute Gasteiger partial charge is 0.164 e. The maximum Gasteiger partial charge on any atom is 0.164 e. The molecule has 1 aromatic carbocycles. The van der Waals surface area contributed by atoms with E-state index in [4.69, 9.17) is 9.47 Å². The summed E-state index contributed by atoms with van der Waals surface area (Å²) in [6.07, 6.45) is 1.88. The highest BCUT2D eigenvalue weighted by Crippen LogP contribution is 2.19. The minimum atomic E-state index is -0.481. The van der Waals surface area contributed by atoms with E-state index in [2.05, 4.69) is 5.32 Å². The first-order valence-electron chi connectivity index (χ1n) is 7.37. The molecule has 1 aliphatic heterocycles. The molecule has 1 fully saturated rings. The maximum absolute atomic E-state index is 13.6. The van der Waals surface area contributed by atoms with Crippen molar-refractivity contribution in [1.29, 1.82) is 0 Å². The van der Waals surface area contributed by atoms with Crippen LogP contribution in [-0.4, -0.2) is 38.8 Å². The molecule has 0 aromatic heterocycles. The molecule has 1 atom stereocenters. The summed E-state index contributed by atoms with van der Waals surface area (Å²) in [5, 5.41) is 3.10. The Labute approximate surface area is 124 Å². The summed E-state index contributed by atoms with van der Waals surface area (Å²) in [6.45, 7) is 5.03. The van der Waals surface area contributed by atoms with E-state index >= 15 is 0 Å². The third-order valence-corrected chi connectivity index (χ3v) is 3.52. The summed E-state index contributed by atoms with van der Waals surface area (Å²) in [5.41, 5.74) is 0.674. The average Bonchev–Trinajstić information content (AvgIpc) is 2.95. The van der Waals surface area contributed by atoms with Crippen molar-refractivity contribution in [2.45, 2.75) is 19.8 Å². The molecule has 1 aromatic rings. The normalized spacial score (nSPS) is 17.9. The zero-order valence-corrected chi connectivity index (χ0v) is 12.4. The Hall–Kier alpha value is -1.46. The van der Waals surface area contributed by atoms with E-state index in [9.17, 15) is 9.18 Å². The first kappa shape index (κ1) is 15.9. The standard InChI is InChI=1S/C16H22FNO3/c1-12(19)16-14(17)4-2-5-15(16)18-7-3-8-20-10-13-6-9-21-11-13/h2,4-5,13,18H,3,6-11H2,1H3/t13-/m1/s1. The Balaban J connectivity index is 1.68. The minimum Gasteiger partial charge on any atom is -0.384 e. The molecule has 1 N–H and O–H groups in total. The molecule has 116 valence electrons. The van der Waals surface area contributed by atoms with Crippen LogP contribution in [0.4, 0.5) is 10.1 Å². The van der Waals surface area contributed by atoms with Gasteiger partial charge < -0.3 is 14.8 Å². The van der Waals surface area contributed by atoms with Gasteiger partial charge in [-0.1, -0.05) is 6.07 Å². The molecule has 1 aliphatic rings. The van der Waals surface area contributed by atoms with E-state index < -0.39 is 5.82 Å². The molecule has 0 radical (unpaired) electrons. The number of Topliss-reactive ketones (excluding diaryl/α,β-unsaturated/α-hetero) is 1. The number of rotatable bonds is 8. The molecule has 0 amide bonds. The number of benzene rings is 1. The van der Waals surface area contributed by atoms with Crippen molar-refractivity contribution in [3.8, 4) is 0 Å². The second kappa shape index (κ2) is 8.10. The van der Waals surface area contributed by atoms with Gasteiger partial charge in [-0.2, -0.15) is 0 Å². The average molecular weight is 295 g/mol. The van der Waals surface area contributed by atoms with E-state index in [-0.39, 0.29) is 11.3 Å². The van der Waals surface area contributed by atoms with Crippen LogP contribution in [0.2, 0.25) is 0 Å². The number of ketones is 1. The molecule has 0 bridgehead atoms. The molecule has 1 heterocycles. The molecule has 21 heavy (non-hydrogen) atoms. The predicted molar refractivity (Wildman–Crippen MR) is 79.3 cm³/mol. The summed E-state index contributed by atoms with van der Waals surface area (Å²) in [5.74, 6) is -0.233. The Morgan fingerprint density at radius 2 is 2.38 bits per heavy atom. The molecule has 1 saturated heterocycles. The van der Waals surface area contributed by atoms with E-state index in [1.807, 2.05) is 0 Å². The molecule has 4 nitrogen and oxygen atoms in total. The first-order chi connectivity index (χ1) is 10.2. The number of hydrogen-bond donors (Lipinski definition) is 1. The number of carbonyl (C=O) groups is 1. The van der Waals surface area contributed by atoms with Gasteiger partial charge >= 0.3 is 0 Å². The molecule has 2 rings (SSSR count).